The van der Waals surface area contributed by atoms with E-state index in [1.54, 1.807) is 0 Å². The van der Waals surface area contributed by atoms with Gasteiger partial charge in [-0.25, -0.2) is 4.39 Å². The molecule has 1 fully saturated rings. The van der Waals surface area contributed by atoms with Crippen molar-refractivity contribution in [2.75, 3.05) is 7.11 Å². The Bertz CT molecular complexity index is 598. The molecule has 0 aromatic heterocycles. The summed E-state index contributed by atoms with van der Waals surface area (Å²) in [6.45, 7) is 0. The number of hydrogen-bond donors (Lipinski definition) is 0. The molecule has 0 radical (unpaired) electrons. The highest BCUT2D eigenvalue weighted by Crippen LogP contribution is 2.50. The normalized spacial score (nSPS) is 15.9. The van der Waals surface area contributed by atoms with Crippen molar-refractivity contribution in [2.24, 2.45) is 4.99 Å². The number of carbonyl (C=O) groups excluding carboxylic acids is 1. The van der Waals surface area contributed by atoms with Gasteiger partial charge in [0.15, 0.2) is 5.82 Å². The Morgan fingerprint density at radius 3 is 2.80 bits per heavy atom. The number of aliphatic imine (C=N–C) groups is 1. The van der Waals surface area contributed by atoms with Crippen LogP contribution in [0.15, 0.2) is 22.0 Å². The van der Waals surface area contributed by atoms with Crippen LogP contribution in [-0.4, -0.2) is 23.0 Å². The zero-order valence-electron chi connectivity index (χ0n) is 10.6. The fourth-order valence-electron chi connectivity index (χ4n) is 1.97. The molecule has 1 aromatic rings. The van der Waals surface area contributed by atoms with Gasteiger partial charge in [-0.15, -0.1) is 11.8 Å². The smallest absolute Gasteiger partial charge is 0.322 e. The molecule has 0 heterocycles. The Labute approximate surface area is 130 Å². The standard InChI is InChI=1S/C13H11ClFNO2S2/c1-18-12(17)13(3-2-4-13)20-11-6-10(16-7-19)9(15)5-8(11)14/h5-6H,2-4H2,1H3. The van der Waals surface area contributed by atoms with Gasteiger partial charge in [-0.1, -0.05) is 11.6 Å². The van der Waals surface area contributed by atoms with Crippen LogP contribution in [-0.2, 0) is 9.53 Å². The van der Waals surface area contributed by atoms with Gasteiger partial charge in [0.2, 0.25) is 0 Å². The van der Waals surface area contributed by atoms with Gasteiger partial charge in [-0.3, -0.25) is 4.79 Å². The van der Waals surface area contributed by atoms with Crippen molar-refractivity contribution in [1.82, 2.24) is 0 Å². The number of thiocarbonyl (C=S) groups is 1. The lowest BCUT2D eigenvalue weighted by Crippen LogP contribution is -2.42. The zero-order chi connectivity index (χ0) is 14.8. The van der Waals surface area contributed by atoms with Crippen LogP contribution in [0.25, 0.3) is 0 Å². The SMILES string of the molecule is COC(=O)C1(Sc2cc(N=C=S)c(F)cc2Cl)CCC1. The molecule has 0 aliphatic heterocycles. The maximum atomic E-state index is 13.6. The third kappa shape index (κ3) is 2.88. The minimum atomic E-state index is -0.630. The number of ether oxygens (including phenoxy) is 1. The summed E-state index contributed by atoms with van der Waals surface area (Å²) in [7, 11) is 1.36. The van der Waals surface area contributed by atoms with Crippen molar-refractivity contribution in [1.29, 1.82) is 0 Å². The molecule has 0 amide bonds. The van der Waals surface area contributed by atoms with Crippen LogP contribution >= 0.6 is 35.6 Å². The van der Waals surface area contributed by atoms with Crippen LogP contribution in [0.4, 0.5) is 10.1 Å². The van der Waals surface area contributed by atoms with Gasteiger partial charge < -0.3 is 4.74 Å². The van der Waals surface area contributed by atoms with Gasteiger partial charge in [-0.2, -0.15) is 4.99 Å². The Morgan fingerprint density at radius 2 is 2.30 bits per heavy atom. The van der Waals surface area contributed by atoms with Crippen LogP contribution in [0, 0.1) is 5.82 Å². The van der Waals surface area contributed by atoms with E-state index in [1.165, 1.54) is 31.0 Å². The Balaban J connectivity index is 2.35. The first kappa shape index (κ1) is 15.4. The number of halogens is 2. The lowest BCUT2D eigenvalue weighted by molar-refractivity contribution is -0.145. The first-order valence-electron chi connectivity index (χ1n) is 5.87. The van der Waals surface area contributed by atoms with Gasteiger partial charge in [0.25, 0.3) is 0 Å². The fourth-order valence-corrected chi connectivity index (χ4v) is 3.75. The molecule has 3 nitrogen and oxygen atoms in total. The topological polar surface area (TPSA) is 38.7 Å². The van der Waals surface area contributed by atoms with E-state index in [1.807, 2.05) is 0 Å². The number of thioether (sulfide) groups is 1. The molecule has 0 spiro atoms. The average molecular weight is 332 g/mol. The summed E-state index contributed by atoms with van der Waals surface area (Å²) < 4.78 is 17.8. The Kier molecular flexibility index (Phi) is 4.81. The van der Waals surface area contributed by atoms with E-state index in [9.17, 15) is 9.18 Å². The fraction of sp³-hybridized carbons (Fsp3) is 0.385. The molecular formula is C13H11ClFNO2S2. The molecule has 0 bridgehead atoms. The number of benzene rings is 1. The summed E-state index contributed by atoms with van der Waals surface area (Å²) in [5.74, 6) is -0.855. The summed E-state index contributed by atoms with van der Waals surface area (Å²) in [5, 5.41) is 2.36. The summed E-state index contributed by atoms with van der Waals surface area (Å²) in [6.07, 6.45) is 2.37. The first-order chi connectivity index (χ1) is 9.52. The van der Waals surface area contributed by atoms with E-state index in [-0.39, 0.29) is 16.7 Å². The molecule has 1 aromatic carbocycles. The first-order valence-corrected chi connectivity index (χ1v) is 7.47. The zero-order valence-corrected chi connectivity index (χ0v) is 13.0. The van der Waals surface area contributed by atoms with Crippen molar-refractivity contribution >= 4 is 52.4 Å². The summed E-state index contributed by atoms with van der Waals surface area (Å²) in [4.78, 5) is 16.1. The number of carbonyl (C=O) groups is 1. The minimum absolute atomic E-state index is 0.0613. The number of nitrogens with zero attached hydrogens (tertiary/aromatic N) is 1. The van der Waals surface area contributed by atoms with Gasteiger partial charge in [0, 0.05) is 4.90 Å². The molecule has 0 saturated heterocycles. The average Bonchev–Trinajstić information content (AvgIpc) is 2.38. The number of esters is 1. The monoisotopic (exact) mass is 331 g/mol. The van der Waals surface area contributed by atoms with Crippen molar-refractivity contribution in [3.05, 3.63) is 23.0 Å². The lowest BCUT2D eigenvalue weighted by atomic mass is 9.84. The largest absolute Gasteiger partial charge is 0.468 e. The molecule has 7 heteroatoms. The second-order valence-electron chi connectivity index (χ2n) is 4.38. The summed E-state index contributed by atoms with van der Waals surface area (Å²) in [6, 6.07) is 2.64. The van der Waals surface area contributed by atoms with Crippen LogP contribution in [0.1, 0.15) is 19.3 Å². The van der Waals surface area contributed by atoms with E-state index >= 15 is 0 Å². The highest BCUT2D eigenvalue weighted by molar-refractivity contribution is 8.01. The maximum Gasteiger partial charge on any atom is 0.322 e. The molecular weight excluding hydrogens is 321 g/mol. The predicted molar refractivity (Wildman–Crippen MR) is 80.6 cm³/mol. The van der Waals surface area contributed by atoms with E-state index in [4.69, 9.17) is 16.3 Å². The van der Waals surface area contributed by atoms with Crippen molar-refractivity contribution in [3.8, 4) is 0 Å². The lowest BCUT2D eigenvalue weighted by Gasteiger charge is -2.38. The molecule has 106 valence electrons. The highest BCUT2D eigenvalue weighted by atomic mass is 35.5. The van der Waals surface area contributed by atoms with E-state index < -0.39 is 10.6 Å². The van der Waals surface area contributed by atoms with Crippen molar-refractivity contribution < 1.29 is 13.9 Å². The van der Waals surface area contributed by atoms with Crippen LogP contribution in [0.3, 0.4) is 0 Å². The quantitative estimate of drug-likeness (QED) is 0.465. The second kappa shape index (κ2) is 6.22. The molecule has 0 atom stereocenters. The highest BCUT2D eigenvalue weighted by Gasteiger charge is 2.46. The van der Waals surface area contributed by atoms with Gasteiger partial charge >= 0.3 is 5.97 Å². The number of isothiocyanates is 1. The maximum absolute atomic E-state index is 13.6. The van der Waals surface area contributed by atoms with Crippen molar-refractivity contribution in [2.45, 2.75) is 28.9 Å². The second-order valence-corrected chi connectivity index (χ2v) is 6.39. The van der Waals surface area contributed by atoms with E-state index in [2.05, 4.69) is 22.4 Å². The number of hydrogen-bond acceptors (Lipinski definition) is 5. The van der Waals surface area contributed by atoms with Crippen LogP contribution in [0.5, 0.6) is 0 Å². The summed E-state index contributed by atoms with van der Waals surface area (Å²) >= 11 is 11.8. The molecule has 1 aliphatic carbocycles. The van der Waals surface area contributed by atoms with Crippen LogP contribution < -0.4 is 0 Å². The number of rotatable bonds is 4. The van der Waals surface area contributed by atoms with Gasteiger partial charge in [-0.05, 0) is 43.6 Å². The van der Waals surface area contributed by atoms with E-state index in [0.717, 1.165) is 6.42 Å². The molecule has 20 heavy (non-hydrogen) atoms. The molecule has 0 unspecified atom stereocenters. The van der Waals surface area contributed by atoms with Gasteiger partial charge in [0.1, 0.15) is 10.4 Å². The molecule has 0 N–H and O–H groups in total. The number of methoxy groups -OCH3 is 1. The minimum Gasteiger partial charge on any atom is -0.468 e. The van der Waals surface area contributed by atoms with Gasteiger partial charge in [0.05, 0.1) is 17.3 Å². The summed E-state index contributed by atoms with van der Waals surface area (Å²) in [5.41, 5.74) is 0.0613. The van der Waals surface area contributed by atoms with Crippen molar-refractivity contribution in [3.63, 3.8) is 0 Å². The Hall–Kier alpha value is -0.940. The molecule has 1 aliphatic rings. The Morgan fingerprint density at radius 1 is 1.60 bits per heavy atom. The van der Waals surface area contributed by atoms with E-state index in [0.29, 0.717) is 17.7 Å². The molecule has 1 saturated carbocycles. The molecule has 2 rings (SSSR count). The third-order valence-electron chi connectivity index (χ3n) is 3.19. The van der Waals surface area contributed by atoms with Crippen LogP contribution in [0.2, 0.25) is 5.02 Å². The third-order valence-corrected chi connectivity index (χ3v) is 5.23. The predicted octanol–water partition coefficient (Wildman–Crippen LogP) is 4.40.